The maximum atomic E-state index is 12.3. The molecule has 0 radical (unpaired) electrons. The Labute approximate surface area is 137 Å². The van der Waals surface area contributed by atoms with Crippen LogP contribution in [0.25, 0.3) is 0 Å². The first kappa shape index (κ1) is 17.4. The van der Waals surface area contributed by atoms with Crippen LogP contribution in [-0.2, 0) is 16.6 Å². The quantitative estimate of drug-likeness (QED) is 0.824. The molecule has 0 amide bonds. The average molecular weight is 331 g/mol. The fourth-order valence-electron chi connectivity index (χ4n) is 2.16. The van der Waals surface area contributed by atoms with E-state index >= 15 is 0 Å². The zero-order valence-electron chi connectivity index (χ0n) is 13.5. The molecule has 5 heteroatoms. The minimum Gasteiger partial charge on any atom is -0.295 e. The van der Waals surface area contributed by atoms with Gasteiger partial charge in [-0.2, -0.15) is 0 Å². The lowest BCUT2D eigenvalue weighted by Crippen LogP contribution is -2.23. The van der Waals surface area contributed by atoms with Crippen molar-refractivity contribution in [2.24, 2.45) is 0 Å². The first-order chi connectivity index (χ1) is 10.8. The maximum Gasteiger partial charge on any atom is 0.240 e. The highest BCUT2D eigenvalue weighted by Crippen LogP contribution is 2.16. The number of sulfonamides is 1. The van der Waals surface area contributed by atoms with Crippen molar-refractivity contribution in [1.82, 2.24) is 4.72 Å². The van der Waals surface area contributed by atoms with Gasteiger partial charge in [0.1, 0.15) is 0 Å². The molecule has 0 heterocycles. The summed E-state index contributed by atoms with van der Waals surface area (Å²) >= 11 is 0. The van der Waals surface area contributed by atoms with E-state index in [0.717, 1.165) is 5.56 Å². The Morgan fingerprint density at radius 1 is 1.09 bits per heavy atom. The summed E-state index contributed by atoms with van der Waals surface area (Å²) in [7, 11) is -3.64. The maximum absolute atomic E-state index is 12.3. The molecule has 0 saturated carbocycles. The summed E-state index contributed by atoms with van der Waals surface area (Å²) < 4.78 is 27.2. The predicted molar refractivity (Wildman–Crippen MR) is 91.0 cm³/mol. The molecule has 2 aromatic rings. The number of benzene rings is 2. The van der Waals surface area contributed by atoms with E-state index in [1.165, 1.54) is 24.6 Å². The lowest BCUT2D eigenvalue weighted by molar-refractivity contribution is 0.101. The Morgan fingerprint density at radius 2 is 1.74 bits per heavy atom. The molecule has 0 atom stereocenters. The number of nitrogens with one attached hydrogen (secondary N) is 1. The van der Waals surface area contributed by atoms with Gasteiger partial charge in [-0.15, -0.1) is 0 Å². The Balaban J connectivity index is 2.12. The highest BCUT2D eigenvalue weighted by Gasteiger charge is 2.15. The minimum atomic E-state index is -3.64. The average Bonchev–Trinajstić information content (AvgIpc) is 2.53. The van der Waals surface area contributed by atoms with E-state index in [-0.39, 0.29) is 17.2 Å². The van der Waals surface area contributed by atoms with Gasteiger partial charge in [-0.25, -0.2) is 13.1 Å². The molecule has 0 aliphatic rings. The normalized spacial score (nSPS) is 11.7. The molecule has 0 unspecified atom stereocenters. The molecule has 0 aliphatic carbocycles. The van der Waals surface area contributed by atoms with E-state index < -0.39 is 10.0 Å². The predicted octanol–water partition coefficient (Wildman–Crippen LogP) is 3.49. The van der Waals surface area contributed by atoms with Gasteiger partial charge >= 0.3 is 0 Å². The third kappa shape index (κ3) is 4.50. The smallest absolute Gasteiger partial charge is 0.240 e. The lowest BCUT2D eigenvalue weighted by Gasteiger charge is -2.09. The van der Waals surface area contributed by atoms with Crippen LogP contribution in [0.5, 0.6) is 0 Å². The third-order valence-electron chi connectivity index (χ3n) is 3.66. The van der Waals surface area contributed by atoms with Gasteiger partial charge in [-0.3, -0.25) is 4.79 Å². The summed E-state index contributed by atoms with van der Waals surface area (Å²) in [5.74, 6) is 0.279. The molecule has 0 saturated heterocycles. The van der Waals surface area contributed by atoms with Crippen molar-refractivity contribution >= 4 is 15.8 Å². The molecule has 1 N–H and O–H groups in total. The SMILES string of the molecule is CC(=O)c1cccc(S(=O)(=O)NCc2ccc(C(C)C)cc2)c1. The van der Waals surface area contributed by atoms with Crippen LogP contribution in [0.2, 0.25) is 0 Å². The van der Waals surface area contributed by atoms with Crippen molar-refractivity contribution < 1.29 is 13.2 Å². The molecule has 0 aromatic heterocycles. The fraction of sp³-hybridized carbons (Fsp3) is 0.278. The second-order valence-corrected chi connectivity index (χ2v) is 7.57. The van der Waals surface area contributed by atoms with Crippen molar-refractivity contribution in [2.75, 3.05) is 0 Å². The number of Topliss-reactive ketones (excluding diaryl/α,β-unsaturated/α-hetero) is 1. The zero-order valence-corrected chi connectivity index (χ0v) is 14.4. The van der Waals surface area contributed by atoms with Crippen LogP contribution in [0.4, 0.5) is 0 Å². The molecule has 4 nitrogen and oxygen atoms in total. The second kappa shape index (κ2) is 7.06. The number of carbonyl (C=O) groups is 1. The van der Waals surface area contributed by atoms with Gasteiger partial charge in [0.2, 0.25) is 10.0 Å². The largest absolute Gasteiger partial charge is 0.295 e. The lowest BCUT2D eigenvalue weighted by atomic mass is 10.0. The van der Waals surface area contributed by atoms with Gasteiger partial charge in [-0.1, -0.05) is 50.2 Å². The Morgan fingerprint density at radius 3 is 2.30 bits per heavy atom. The molecule has 0 bridgehead atoms. The topological polar surface area (TPSA) is 63.2 Å². The van der Waals surface area contributed by atoms with Gasteiger partial charge in [-0.05, 0) is 36.1 Å². The van der Waals surface area contributed by atoms with Crippen LogP contribution in [0, 0.1) is 0 Å². The van der Waals surface area contributed by atoms with Crippen molar-refractivity contribution in [3.05, 3.63) is 65.2 Å². The van der Waals surface area contributed by atoms with Gasteiger partial charge in [0.25, 0.3) is 0 Å². The van der Waals surface area contributed by atoms with Crippen LogP contribution in [0.3, 0.4) is 0 Å². The van der Waals surface area contributed by atoms with Crippen LogP contribution in [0.1, 0.15) is 48.2 Å². The van der Waals surface area contributed by atoms with Gasteiger partial charge < -0.3 is 0 Å². The van der Waals surface area contributed by atoms with Crippen LogP contribution < -0.4 is 4.72 Å². The third-order valence-corrected chi connectivity index (χ3v) is 5.06. The molecule has 23 heavy (non-hydrogen) atoms. The number of hydrogen-bond donors (Lipinski definition) is 1. The summed E-state index contributed by atoms with van der Waals surface area (Å²) in [5, 5.41) is 0. The first-order valence-corrected chi connectivity index (χ1v) is 8.97. The number of carbonyl (C=O) groups excluding carboxylic acids is 1. The summed E-state index contributed by atoms with van der Waals surface area (Å²) in [6.45, 7) is 5.85. The molecule has 0 spiro atoms. The van der Waals surface area contributed by atoms with E-state index in [1.807, 2.05) is 24.3 Å². The van der Waals surface area contributed by atoms with Crippen LogP contribution in [0.15, 0.2) is 53.4 Å². The molecule has 2 rings (SSSR count). The van der Waals surface area contributed by atoms with Crippen LogP contribution in [-0.4, -0.2) is 14.2 Å². The molecule has 2 aromatic carbocycles. The highest BCUT2D eigenvalue weighted by molar-refractivity contribution is 7.89. The molecule has 0 aliphatic heterocycles. The Bertz CT molecular complexity index is 793. The number of rotatable bonds is 6. The van der Waals surface area contributed by atoms with Crippen molar-refractivity contribution in [1.29, 1.82) is 0 Å². The summed E-state index contributed by atoms with van der Waals surface area (Å²) in [5.41, 5.74) is 2.49. The molecular weight excluding hydrogens is 310 g/mol. The van der Waals surface area contributed by atoms with Crippen molar-refractivity contribution in [3.63, 3.8) is 0 Å². The van der Waals surface area contributed by atoms with E-state index in [0.29, 0.717) is 11.5 Å². The first-order valence-electron chi connectivity index (χ1n) is 7.49. The number of hydrogen-bond acceptors (Lipinski definition) is 3. The van der Waals surface area contributed by atoms with Gasteiger partial charge in [0, 0.05) is 12.1 Å². The summed E-state index contributed by atoms with van der Waals surface area (Å²) in [6.07, 6.45) is 0. The Kier molecular flexibility index (Phi) is 5.34. The van der Waals surface area contributed by atoms with Gasteiger partial charge in [0.05, 0.1) is 4.90 Å². The van der Waals surface area contributed by atoms with E-state index in [9.17, 15) is 13.2 Å². The summed E-state index contributed by atoms with van der Waals surface area (Å²) in [4.78, 5) is 11.5. The monoisotopic (exact) mass is 331 g/mol. The molecular formula is C18H21NO3S. The molecule has 0 fully saturated rings. The standard InChI is InChI=1S/C18H21NO3S/c1-13(2)16-9-7-15(8-10-16)12-19-23(21,22)18-6-4-5-17(11-18)14(3)20/h4-11,13,19H,12H2,1-3H3. The van der Waals surface area contributed by atoms with Gasteiger partial charge in [0.15, 0.2) is 5.78 Å². The minimum absolute atomic E-state index is 0.101. The highest BCUT2D eigenvalue weighted by atomic mass is 32.2. The molecule has 122 valence electrons. The van der Waals surface area contributed by atoms with Crippen molar-refractivity contribution in [3.8, 4) is 0 Å². The van der Waals surface area contributed by atoms with E-state index in [2.05, 4.69) is 18.6 Å². The Hall–Kier alpha value is -1.98. The van der Waals surface area contributed by atoms with E-state index in [1.54, 1.807) is 12.1 Å². The van der Waals surface area contributed by atoms with Crippen molar-refractivity contribution in [2.45, 2.75) is 38.1 Å². The number of ketones is 1. The zero-order chi connectivity index (χ0) is 17.0. The summed E-state index contributed by atoms with van der Waals surface area (Å²) in [6, 6.07) is 13.9. The second-order valence-electron chi connectivity index (χ2n) is 5.80. The van der Waals surface area contributed by atoms with E-state index in [4.69, 9.17) is 0 Å². The fourth-order valence-corrected chi connectivity index (χ4v) is 3.23. The van der Waals surface area contributed by atoms with Crippen LogP contribution >= 0.6 is 0 Å².